The van der Waals surface area contributed by atoms with Crippen molar-refractivity contribution in [3.8, 4) is 33.3 Å². The van der Waals surface area contributed by atoms with Crippen molar-refractivity contribution >= 4 is 35.0 Å². The molecule has 0 saturated carbocycles. The number of fused-ring (bicyclic) bond motifs is 1. The SMILES string of the molecule is Cc1ncsc1-c1ccc([C@@H](C)CC(=O)NCCOCCOCCNC(=O)COc2ccc3c(c2)C(NC(=O)c2cc(-c4ccc(C(=O)N(C)C)c(O)c4)on2)CC3)cc1. The largest absolute Gasteiger partial charge is 0.507 e. The smallest absolute Gasteiger partial charge is 0.273 e. The first-order chi connectivity index (χ1) is 29.0. The van der Waals surface area contributed by atoms with Gasteiger partial charge in [0.05, 0.1) is 54.1 Å². The molecule has 0 bridgehead atoms. The molecular formula is C44H50N6O9S. The molecule has 2 atom stereocenters. The number of aromatic hydroxyl groups is 1. The Balaban J connectivity index is 0.822. The summed E-state index contributed by atoms with van der Waals surface area (Å²) in [7, 11) is 3.18. The van der Waals surface area contributed by atoms with Gasteiger partial charge in [0, 0.05) is 45.2 Å². The van der Waals surface area contributed by atoms with Crippen LogP contribution < -0.4 is 20.7 Å². The van der Waals surface area contributed by atoms with Gasteiger partial charge >= 0.3 is 0 Å². The maximum Gasteiger partial charge on any atom is 0.273 e. The molecule has 0 saturated heterocycles. The van der Waals surface area contributed by atoms with E-state index in [1.165, 1.54) is 23.1 Å². The first-order valence-corrected chi connectivity index (χ1v) is 20.6. The topological polar surface area (TPSA) is 194 Å². The minimum absolute atomic E-state index is 0.0306. The zero-order chi connectivity index (χ0) is 42.6. The highest BCUT2D eigenvalue weighted by Crippen LogP contribution is 2.35. The quantitative estimate of drug-likeness (QED) is 0.0730. The summed E-state index contributed by atoms with van der Waals surface area (Å²) in [6, 6.07) is 19.5. The van der Waals surface area contributed by atoms with Gasteiger partial charge in [-0.15, -0.1) is 11.3 Å². The van der Waals surface area contributed by atoms with Crippen LogP contribution in [0.4, 0.5) is 0 Å². The molecule has 4 N–H and O–H groups in total. The van der Waals surface area contributed by atoms with E-state index in [0.29, 0.717) is 63.7 Å². The summed E-state index contributed by atoms with van der Waals surface area (Å²) >= 11 is 1.62. The van der Waals surface area contributed by atoms with Gasteiger partial charge in [-0.3, -0.25) is 19.2 Å². The van der Waals surface area contributed by atoms with Gasteiger partial charge in [-0.05, 0) is 72.2 Å². The standard InChI is InChI=1S/C44H50N6O9S/c1-27(29-5-7-31(8-6-29)42-28(2)47-26-60-42)21-40(52)45-15-17-56-19-20-57-18-16-46-41(53)25-58-33-12-9-30-11-14-36(35(30)23-33)48-43(54)37-24-39(59-49-37)32-10-13-34(38(51)22-32)44(55)50(3)4/h5-10,12-13,22-24,26-27,36,51H,11,14-21,25H2,1-4H3,(H,45,52)(H,46,53)(H,48,54)/t27-,36?/m0/s1. The van der Waals surface area contributed by atoms with Gasteiger partial charge in [-0.25, -0.2) is 4.98 Å². The van der Waals surface area contributed by atoms with E-state index >= 15 is 0 Å². The number of ether oxygens (including phenoxy) is 3. The Bertz CT molecular complexity index is 2270. The number of carbonyl (C=O) groups is 4. The second-order valence-corrected chi connectivity index (χ2v) is 15.5. The Morgan fingerprint density at radius 3 is 2.32 bits per heavy atom. The molecule has 3 aromatic carbocycles. The van der Waals surface area contributed by atoms with Crippen molar-refractivity contribution in [2.45, 2.75) is 45.1 Å². The number of phenols is 1. The van der Waals surface area contributed by atoms with Crippen LogP contribution in [0.15, 0.2) is 76.8 Å². The van der Waals surface area contributed by atoms with Crippen LogP contribution in [0.1, 0.15) is 75.0 Å². The minimum Gasteiger partial charge on any atom is -0.507 e. The number of hydrogen-bond acceptors (Lipinski definition) is 12. The zero-order valence-electron chi connectivity index (χ0n) is 34.1. The summed E-state index contributed by atoms with van der Waals surface area (Å²) in [6.07, 6.45) is 1.82. The van der Waals surface area contributed by atoms with Gasteiger partial charge in [0.25, 0.3) is 17.7 Å². The number of nitrogens with one attached hydrogen (secondary N) is 3. The van der Waals surface area contributed by atoms with Crippen LogP contribution in [0, 0.1) is 6.92 Å². The summed E-state index contributed by atoms with van der Waals surface area (Å²) in [5.41, 5.74) is 7.73. The van der Waals surface area contributed by atoms with Crippen molar-refractivity contribution < 1.29 is 43.0 Å². The number of hydrogen-bond donors (Lipinski definition) is 4. The van der Waals surface area contributed by atoms with Gasteiger partial charge in [-0.1, -0.05) is 48.5 Å². The van der Waals surface area contributed by atoms with Gasteiger partial charge < -0.3 is 44.7 Å². The van der Waals surface area contributed by atoms with Crippen LogP contribution >= 0.6 is 11.3 Å². The summed E-state index contributed by atoms with van der Waals surface area (Å²) in [5.74, 6) is -0.480. The average Bonchev–Trinajstić information content (AvgIpc) is 4.01. The van der Waals surface area contributed by atoms with Crippen LogP contribution in [0.2, 0.25) is 0 Å². The molecule has 6 rings (SSSR count). The number of aryl methyl sites for hydroxylation is 2. The second kappa shape index (κ2) is 20.7. The van der Waals surface area contributed by atoms with E-state index in [2.05, 4.69) is 50.4 Å². The Hall–Kier alpha value is -6.10. The molecule has 15 nitrogen and oxygen atoms in total. The van der Waals surface area contributed by atoms with Crippen LogP contribution in [-0.4, -0.2) is 104 Å². The molecule has 16 heteroatoms. The van der Waals surface area contributed by atoms with Crippen LogP contribution in [0.5, 0.6) is 11.5 Å². The fraction of sp³-hybridized carbons (Fsp3) is 0.364. The Labute approximate surface area is 352 Å². The highest BCUT2D eigenvalue weighted by atomic mass is 32.1. The van der Waals surface area contributed by atoms with Crippen LogP contribution in [0.3, 0.4) is 0 Å². The third-order valence-electron chi connectivity index (χ3n) is 10.0. The van der Waals surface area contributed by atoms with E-state index in [-0.39, 0.29) is 59.1 Å². The number of phenolic OH excluding ortho intramolecular Hbond substituents is 1. The van der Waals surface area contributed by atoms with Crippen molar-refractivity contribution in [2.75, 3.05) is 60.2 Å². The van der Waals surface area contributed by atoms with E-state index in [9.17, 15) is 24.3 Å². The van der Waals surface area contributed by atoms with Crippen molar-refractivity contribution in [1.29, 1.82) is 0 Å². The molecule has 2 heterocycles. The van der Waals surface area contributed by atoms with Crippen molar-refractivity contribution in [1.82, 2.24) is 31.0 Å². The van der Waals surface area contributed by atoms with Gasteiger partial charge in [0.15, 0.2) is 18.1 Å². The predicted octanol–water partition coefficient (Wildman–Crippen LogP) is 5.44. The summed E-state index contributed by atoms with van der Waals surface area (Å²) in [6.45, 7) is 5.92. The third kappa shape index (κ3) is 11.5. The third-order valence-corrected chi connectivity index (χ3v) is 11.0. The molecule has 2 aromatic heterocycles. The minimum atomic E-state index is -0.433. The lowest BCUT2D eigenvalue weighted by Gasteiger charge is -2.14. The maximum atomic E-state index is 13.1. The molecule has 0 radical (unpaired) electrons. The molecule has 4 amide bonds. The number of thiazole rings is 1. The molecule has 5 aromatic rings. The number of amides is 4. The highest BCUT2D eigenvalue weighted by Gasteiger charge is 2.27. The summed E-state index contributed by atoms with van der Waals surface area (Å²) in [4.78, 5) is 57.1. The van der Waals surface area contributed by atoms with Crippen molar-refractivity contribution in [3.05, 3.63) is 106 Å². The number of rotatable bonds is 20. The first-order valence-electron chi connectivity index (χ1n) is 19.7. The zero-order valence-corrected chi connectivity index (χ0v) is 34.9. The van der Waals surface area contributed by atoms with Gasteiger partial charge in [0.2, 0.25) is 5.91 Å². The first kappa shape index (κ1) is 43.5. The molecule has 60 heavy (non-hydrogen) atoms. The van der Waals surface area contributed by atoms with E-state index in [1.807, 2.05) is 31.5 Å². The Kier molecular flexibility index (Phi) is 15.0. The summed E-state index contributed by atoms with van der Waals surface area (Å²) in [5, 5.41) is 23.0. The molecule has 316 valence electrons. The van der Waals surface area contributed by atoms with E-state index in [1.54, 1.807) is 37.6 Å². The average molecular weight is 839 g/mol. The lowest BCUT2D eigenvalue weighted by atomic mass is 9.96. The maximum absolute atomic E-state index is 13.1. The highest BCUT2D eigenvalue weighted by molar-refractivity contribution is 7.13. The second-order valence-electron chi connectivity index (χ2n) is 14.6. The summed E-state index contributed by atoms with van der Waals surface area (Å²) < 4.78 is 22.3. The van der Waals surface area contributed by atoms with E-state index < -0.39 is 5.91 Å². The molecule has 1 aliphatic rings. The van der Waals surface area contributed by atoms with Crippen LogP contribution in [0.25, 0.3) is 21.8 Å². The van der Waals surface area contributed by atoms with Crippen molar-refractivity contribution in [3.63, 3.8) is 0 Å². The Morgan fingerprint density at radius 2 is 1.63 bits per heavy atom. The molecule has 0 aliphatic heterocycles. The van der Waals surface area contributed by atoms with E-state index in [0.717, 1.165) is 39.2 Å². The van der Waals surface area contributed by atoms with Crippen molar-refractivity contribution in [2.24, 2.45) is 0 Å². The van der Waals surface area contributed by atoms with Gasteiger partial charge in [0.1, 0.15) is 11.5 Å². The number of carbonyl (C=O) groups excluding carboxylic acids is 4. The predicted molar refractivity (Wildman–Crippen MR) is 225 cm³/mol. The number of aromatic nitrogens is 2. The van der Waals surface area contributed by atoms with Crippen LogP contribution in [-0.2, 0) is 25.5 Å². The molecule has 0 spiro atoms. The van der Waals surface area contributed by atoms with Gasteiger partial charge in [-0.2, -0.15) is 0 Å². The fourth-order valence-electron chi connectivity index (χ4n) is 6.73. The molecular weight excluding hydrogens is 789 g/mol. The van der Waals surface area contributed by atoms with E-state index in [4.69, 9.17) is 18.7 Å². The molecule has 0 fully saturated rings. The molecule has 1 unspecified atom stereocenters. The fourth-order valence-corrected chi connectivity index (χ4v) is 7.55. The number of nitrogens with zero attached hydrogens (tertiary/aromatic N) is 3. The lowest BCUT2D eigenvalue weighted by molar-refractivity contribution is -0.123. The number of benzene rings is 3. The lowest BCUT2D eigenvalue weighted by Crippen LogP contribution is -2.32. The molecule has 1 aliphatic carbocycles. The monoisotopic (exact) mass is 838 g/mol. The normalized spacial score (nSPS) is 13.6. The Morgan fingerprint density at radius 1 is 0.917 bits per heavy atom.